The first kappa shape index (κ1) is 26.1. The van der Waals surface area contributed by atoms with Crippen LogP contribution in [0.4, 0.5) is 13.2 Å². The van der Waals surface area contributed by atoms with Crippen LogP contribution in [0.2, 0.25) is 0 Å². The van der Waals surface area contributed by atoms with E-state index in [0.29, 0.717) is 17.4 Å². The Kier molecular flexibility index (Phi) is 7.37. The van der Waals surface area contributed by atoms with E-state index in [4.69, 9.17) is 0 Å². The highest BCUT2D eigenvalue weighted by molar-refractivity contribution is 7.90. The van der Waals surface area contributed by atoms with Crippen molar-refractivity contribution in [3.8, 4) is 17.3 Å². The number of benzene rings is 1. The highest BCUT2D eigenvalue weighted by atomic mass is 32.2. The molecule has 0 radical (unpaired) electrons. The Morgan fingerprint density at radius 1 is 1.21 bits per heavy atom. The van der Waals surface area contributed by atoms with E-state index in [1.54, 1.807) is 49.7 Å². The van der Waals surface area contributed by atoms with Gasteiger partial charge < -0.3 is 9.12 Å². The zero-order valence-electron chi connectivity index (χ0n) is 20.1. The van der Waals surface area contributed by atoms with Crippen molar-refractivity contribution >= 4 is 22.3 Å². The van der Waals surface area contributed by atoms with Gasteiger partial charge in [-0.1, -0.05) is 20.8 Å². The van der Waals surface area contributed by atoms with Crippen molar-refractivity contribution in [1.29, 1.82) is 5.26 Å². The zero-order valence-corrected chi connectivity index (χ0v) is 20.9. The van der Waals surface area contributed by atoms with E-state index in [1.165, 1.54) is 12.3 Å². The van der Waals surface area contributed by atoms with Crippen LogP contribution in [0.1, 0.15) is 58.7 Å². The van der Waals surface area contributed by atoms with Crippen LogP contribution in [0.25, 0.3) is 22.2 Å². The SMILES string of the molecule is CC(C)(C)Cn1cc([C@H](N[S+]([O-])C(C)(C)C)C(F)F)c2cc(F)c(-c3ncccc3C#N)cc21. The summed E-state index contributed by atoms with van der Waals surface area (Å²) >= 11 is -1.76. The van der Waals surface area contributed by atoms with Crippen molar-refractivity contribution in [2.24, 2.45) is 5.41 Å². The molecule has 3 rings (SSSR count). The number of aromatic nitrogens is 2. The summed E-state index contributed by atoms with van der Waals surface area (Å²) in [6, 6.07) is 6.35. The van der Waals surface area contributed by atoms with Gasteiger partial charge >= 0.3 is 0 Å². The summed E-state index contributed by atoms with van der Waals surface area (Å²) in [4.78, 5) is 4.18. The summed E-state index contributed by atoms with van der Waals surface area (Å²) in [6.07, 6.45) is 0.175. The van der Waals surface area contributed by atoms with E-state index in [0.717, 1.165) is 0 Å². The third kappa shape index (κ3) is 5.57. The lowest BCUT2D eigenvalue weighted by Gasteiger charge is -2.27. The quantitative estimate of drug-likeness (QED) is 0.423. The molecule has 1 N–H and O–H groups in total. The predicted octanol–water partition coefficient (Wildman–Crippen LogP) is 6.12. The molecule has 34 heavy (non-hydrogen) atoms. The largest absolute Gasteiger partial charge is 0.598 e. The minimum absolute atomic E-state index is 0.115. The topological polar surface area (TPSA) is 76.7 Å². The highest BCUT2D eigenvalue weighted by Crippen LogP contribution is 2.37. The summed E-state index contributed by atoms with van der Waals surface area (Å²) < 4.78 is 60.0. The molecule has 0 fully saturated rings. The summed E-state index contributed by atoms with van der Waals surface area (Å²) in [5, 5.41) is 9.74. The first-order valence-corrected chi connectivity index (χ1v) is 12.0. The van der Waals surface area contributed by atoms with E-state index in [2.05, 4.69) is 9.71 Å². The summed E-state index contributed by atoms with van der Waals surface area (Å²) in [6.45, 7) is 11.6. The average molecular weight is 491 g/mol. The van der Waals surface area contributed by atoms with Gasteiger partial charge in [0.1, 0.15) is 22.7 Å². The van der Waals surface area contributed by atoms with Crippen molar-refractivity contribution < 1.29 is 17.7 Å². The maximum absolute atomic E-state index is 15.3. The van der Waals surface area contributed by atoms with Gasteiger partial charge in [0, 0.05) is 52.3 Å². The number of nitrogens with one attached hydrogen (secondary N) is 1. The smallest absolute Gasteiger partial charge is 0.262 e. The molecule has 0 amide bonds. The molecular formula is C25H29F3N4OS. The van der Waals surface area contributed by atoms with E-state index in [9.17, 15) is 18.6 Å². The van der Waals surface area contributed by atoms with Crippen molar-refractivity contribution in [2.45, 2.75) is 65.3 Å². The third-order valence-corrected chi connectivity index (χ3v) is 6.79. The summed E-state index contributed by atoms with van der Waals surface area (Å²) in [5.41, 5.74) is 1.00. The standard InChI is InChI=1S/C25H29F3N4OS/c1-24(2,3)14-32-13-18(22(23(27)28)31-34(33)25(4,5)6)16-10-19(26)17(11-20(16)32)21-15(12-29)8-7-9-30-21/h7-11,13,22-23,31H,14H2,1-6H3/t22-,34?/m0/s1. The number of fused-ring (bicyclic) bond motifs is 1. The molecule has 0 aliphatic rings. The van der Waals surface area contributed by atoms with E-state index in [-0.39, 0.29) is 27.8 Å². The van der Waals surface area contributed by atoms with E-state index >= 15 is 4.39 Å². The molecule has 0 saturated carbocycles. The van der Waals surface area contributed by atoms with Gasteiger partial charge in [-0.2, -0.15) is 5.26 Å². The maximum Gasteiger partial charge on any atom is 0.262 e. The second kappa shape index (κ2) is 9.61. The average Bonchev–Trinajstić information content (AvgIpc) is 3.05. The molecule has 1 aromatic carbocycles. The number of hydrogen-bond donors (Lipinski definition) is 1. The van der Waals surface area contributed by atoms with Crippen LogP contribution in [0.15, 0.2) is 36.7 Å². The lowest BCUT2D eigenvalue weighted by molar-refractivity contribution is 0.109. The lowest BCUT2D eigenvalue weighted by Crippen LogP contribution is -2.43. The number of alkyl halides is 2. The van der Waals surface area contributed by atoms with Gasteiger partial charge in [-0.3, -0.25) is 4.98 Å². The number of halogens is 3. The Morgan fingerprint density at radius 2 is 1.88 bits per heavy atom. The van der Waals surface area contributed by atoms with Crippen molar-refractivity contribution in [3.63, 3.8) is 0 Å². The van der Waals surface area contributed by atoms with E-state index in [1.807, 2.05) is 26.8 Å². The van der Waals surface area contributed by atoms with Gasteiger partial charge in [-0.25, -0.2) is 13.2 Å². The van der Waals surface area contributed by atoms with Crippen LogP contribution >= 0.6 is 0 Å². The fourth-order valence-electron chi connectivity index (χ4n) is 3.66. The minimum Gasteiger partial charge on any atom is -0.598 e. The molecule has 0 aliphatic carbocycles. The lowest BCUT2D eigenvalue weighted by atomic mass is 9.96. The molecule has 0 saturated heterocycles. The molecule has 0 bridgehead atoms. The van der Waals surface area contributed by atoms with Crippen molar-refractivity contribution in [2.75, 3.05) is 0 Å². The van der Waals surface area contributed by atoms with Gasteiger partial charge in [-0.05, 0) is 50.5 Å². The van der Waals surface area contributed by atoms with Gasteiger partial charge in [0.05, 0.1) is 11.3 Å². The number of nitriles is 1. The molecular weight excluding hydrogens is 461 g/mol. The van der Waals surface area contributed by atoms with Gasteiger partial charge in [0.25, 0.3) is 6.43 Å². The fraction of sp³-hybridized carbons (Fsp3) is 0.440. The number of nitrogens with zero attached hydrogens (tertiary/aromatic N) is 3. The molecule has 3 aromatic rings. The summed E-state index contributed by atoms with van der Waals surface area (Å²) in [5.74, 6) is -0.678. The zero-order chi connectivity index (χ0) is 25.4. The first-order valence-electron chi connectivity index (χ1n) is 10.9. The normalized spacial score (nSPS) is 14.4. The number of rotatable bonds is 6. The molecule has 2 atom stereocenters. The molecule has 9 heteroatoms. The van der Waals surface area contributed by atoms with E-state index < -0.39 is 34.4 Å². The third-order valence-electron chi connectivity index (χ3n) is 5.21. The highest BCUT2D eigenvalue weighted by Gasteiger charge is 2.36. The van der Waals surface area contributed by atoms with Crippen LogP contribution in [0.3, 0.4) is 0 Å². The molecule has 1 unspecified atom stereocenters. The Balaban J connectivity index is 2.26. The Labute approximate surface area is 201 Å². The van der Waals surface area contributed by atoms with Crippen molar-refractivity contribution in [1.82, 2.24) is 14.3 Å². The molecule has 5 nitrogen and oxygen atoms in total. The second-order valence-corrected chi connectivity index (χ2v) is 12.4. The minimum atomic E-state index is -2.87. The van der Waals surface area contributed by atoms with Crippen LogP contribution in [-0.2, 0) is 17.9 Å². The van der Waals surface area contributed by atoms with Gasteiger partial charge in [-0.15, -0.1) is 4.72 Å². The number of hydrogen-bond acceptors (Lipinski definition) is 4. The predicted molar refractivity (Wildman–Crippen MR) is 129 cm³/mol. The van der Waals surface area contributed by atoms with Crippen LogP contribution in [0.5, 0.6) is 0 Å². The van der Waals surface area contributed by atoms with Crippen molar-refractivity contribution in [3.05, 3.63) is 53.6 Å². The van der Waals surface area contributed by atoms with Crippen LogP contribution < -0.4 is 4.72 Å². The molecule has 0 spiro atoms. The molecule has 182 valence electrons. The van der Waals surface area contributed by atoms with Crippen LogP contribution in [-0.4, -0.2) is 25.3 Å². The second-order valence-electron chi connectivity index (χ2n) is 10.4. The Bertz CT molecular complexity index is 1220. The number of pyridine rings is 1. The molecule has 0 aliphatic heterocycles. The first-order chi connectivity index (χ1) is 15.7. The monoisotopic (exact) mass is 490 g/mol. The van der Waals surface area contributed by atoms with Crippen LogP contribution in [0, 0.1) is 22.6 Å². The maximum atomic E-state index is 15.3. The Morgan fingerprint density at radius 3 is 2.44 bits per heavy atom. The Hall–Kier alpha value is -2.54. The van der Waals surface area contributed by atoms with Gasteiger partial charge in [0.15, 0.2) is 0 Å². The molecule has 2 aromatic heterocycles. The fourth-order valence-corrected chi connectivity index (χ4v) is 4.48. The molecule has 2 heterocycles. The van der Waals surface area contributed by atoms with Gasteiger partial charge in [0.2, 0.25) is 0 Å². The summed E-state index contributed by atoms with van der Waals surface area (Å²) in [7, 11) is 0.